The Balaban J connectivity index is 0.747. The molecule has 5 saturated heterocycles. The van der Waals surface area contributed by atoms with Gasteiger partial charge in [-0.15, -0.1) is 0 Å². The van der Waals surface area contributed by atoms with Crippen LogP contribution in [0.1, 0.15) is 132 Å². The van der Waals surface area contributed by atoms with Gasteiger partial charge in [0.05, 0.1) is 72.7 Å². The normalized spacial score (nSPS) is 51.3. The monoisotopic (exact) mass is 1100 g/mol. The van der Waals surface area contributed by atoms with Crippen LogP contribution in [0, 0.1) is 22.7 Å². The molecule has 0 unspecified atom stereocenters. The molecule has 0 radical (unpaired) electrons. The van der Waals surface area contributed by atoms with Crippen molar-refractivity contribution in [3.05, 3.63) is 11.6 Å². The van der Waals surface area contributed by atoms with Gasteiger partial charge in [-0.3, -0.25) is 4.79 Å². The predicted molar refractivity (Wildman–Crippen MR) is 274 cm³/mol. The molecule has 20 heteroatoms. The number of aliphatic hydroxyl groups is 3. The van der Waals surface area contributed by atoms with Crippen LogP contribution in [0.2, 0.25) is 0 Å². The van der Waals surface area contributed by atoms with Crippen molar-refractivity contribution in [1.29, 1.82) is 0 Å². The smallest absolute Gasteiger partial charge is 0.190 e. The summed E-state index contributed by atoms with van der Waals surface area (Å²) in [6.45, 7) is 13.7. The lowest BCUT2D eigenvalue weighted by Gasteiger charge is -2.62. The van der Waals surface area contributed by atoms with Gasteiger partial charge in [0.15, 0.2) is 37.2 Å². The molecule has 0 aromatic carbocycles. The van der Waals surface area contributed by atoms with Gasteiger partial charge in [0.1, 0.15) is 42.7 Å². The SMILES string of the molecule is COCC(=O)[C@]1(O)CC[C@]2(O)[C@@H]3CC=C4C[C@@H](O[C@H]5C[C@H](OC)[C@H](O[C@H]6C[C@H](OC)[C@H](O[C@H]7C[C@H](OC)[C@H](O[C@H]8C[C@H](OC)[C@H](O[C@H]9C[C@@H](OC)[C@H](O)[C@@H](C)O9)[C@@H](C)O8)[C@@H](C)O7)[C@@H](C)O6)[C@@H](C)O5)CC[C@]4(C)[C@H]3CC[C@]12C. The van der Waals surface area contributed by atoms with Gasteiger partial charge in [0.25, 0.3) is 0 Å². The Morgan fingerprint density at radius 1 is 0.545 bits per heavy atom. The third-order valence-electron chi connectivity index (χ3n) is 20.4. The largest absolute Gasteiger partial charge is 0.389 e. The van der Waals surface area contributed by atoms with Crippen molar-refractivity contribution in [3.8, 4) is 0 Å². The number of Topliss-reactive ketones (excluding diaryl/α,β-unsaturated/α-hetero) is 1. The van der Waals surface area contributed by atoms with Crippen LogP contribution >= 0.6 is 0 Å². The molecule has 3 saturated carbocycles. The van der Waals surface area contributed by atoms with Gasteiger partial charge in [-0.1, -0.05) is 25.5 Å². The van der Waals surface area contributed by atoms with E-state index in [-0.39, 0.29) is 72.7 Å². The Morgan fingerprint density at radius 2 is 0.961 bits per heavy atom. The topological polar surface area (TPSA) is 225 Å². The van der Waals surface area contributed by atoms with Crippen molar-refractivity contribution in [2.75, 3.05) is 49.3 Å². The first-order valence-corrected chi connectivity index (χ1v) is 28.7. The number of methoxy groups -OCH3 is 6. The van der Waals surface area contributed by atoms with Crippen LogP contribution in [-0.4, -0.2) is 211 Å². The lowest BCUT2D eigenvalue weighted by Crippen LogP contribution is -2.66. The molecule has 27 atom stereocenters. The maximum atomic E-state index is 13.3. The van der Waals surface area contributed by atoms with Crippen molar-refractivity contribution in [2.45, 2.75) is 272 Å². The van der Waals surface area contributed by atoms with Crippen LogP contribution in [0.4, 0.5) is 0 Å². The van der Waals surface area contributed by atoms with E-state index >= 15 is 0 Å². The van der Waals surface area contributed by atoms with Gasteiger partial charge in [-0.2, -0.15) is 0 Å². The number of aliphatic hydroxyl groups excluding tert-OH is 1. The molecular formula is C57H94O20. The molecular weight excluding hydrogens is 1000 g/mol. The van der Waals surface area contributed by atoms with E-state index in [0.29, 0.717) is 51.4 Å². The van der Waals surface area contributed by atoms with Crippen LogP contribution < -0.4 is 0 Å². The maximum Gasteiger partial charge on any atom is 0.190 e. The second-order valence-electron chi connectivity index (χ2n) is 24.4. The molecule has 0 bridgehead atoms. The third kappa shape index (κ3) is 11.4. The van der Waals surface area contributed by atoms with E-state index in [9.17, 15) is 20.1 Å². The Kier molecular flexibility index (Phi) is 19.1. The zero-order chi connectivity index (χ0) is 55.4. The summed E-state index contributed by atoms with van der Waals surface area (Å²) < 4.78 is 100.0. The number of rotatable bonds is 18. The fraction of sp³-hybridized carbons (Fsp3) is 0.947. The van der Waals surface area contributed by atoms with E-state index < -0.39 is 109 Å². The lowest BCUT2D eigenvalue weighted by molar-refractivity contribution is -0.352. The number of hydrogen-bond donors (Lipinski definition) is 3. The number of fused-ring (bicyclic) bond motifs is 5. The van der Waals surface area contributed by atoms with Crippen molar-refractivity contribution in [3.63, 3.8) is 0 Å². The third-order valence-corrected chi connectivity index (χ3v) is 20.4. The summed E-state index contributed by atoms with van der Waals surface area (Å²) in [6, 6.07) is 0. The second-order valence-corrected chi connectivity index (χ2v) is 24.4. The van der Waals surface area contributed by atoms with Crippen molar-refractivity contribution in [2.24, 2.45) is 22.7 Å². The highest BCUT2D eigenvalue weighted by atomic mass is 16.8. The minimum absolute atomic E-state index is 0.0454. The van der Waals surface area contributed by atoms with Crippen LogP contribution in [0.3, 0.4) is 0 Å². The molecule has 5 aliphatic heterocycles. The zero-order valence-corrected chi connectivity index (χ0v) is 48.0. The minimum Gasteiger partial charge on any atom is -0.389 e. The highest BCUT2D eigenvalue weighted by molar-refractivity contribution is 5.90. The Labute approximate surface area is 456 Å². The highest BCUT2D eigenvalue weighted by Crippen LogP contribution is 2.69. The maximum absolute atomic E-state index is 13.3. The summed E-state index contributed by atoms with van der Waals surface area (Å²) in [5, 5.41) is 34.9. The molecule has 3 N–H and O–H groups in total. The second kappa shape index (κ2) is 24.5. The van der Waals surface area contributed by atoms with Gasteiger partial charge in [-0.25, -0.2) is 0 Å². The first kappa shape index (κ1) is 60.2. The van der Waals surface area contributed by atoms with Crippen molar-refractivity contribution >= 4 is 5.78 Å². The molecule has 442 valence electrons. The van der Waals surface area contributed by atoms with E-state index in [0.717, 1.165) is 25.7 Å². The number of carbonyl (C=O) groups excluding carboxylic acids is 1. The van der Waals surface area contributed by atoms with Gasteiger partial charge in [0.2, 0.25) is 0 Å². The van der Waals surface area contributed by atoms with Gasteiger partial charge < -0.3 is 91.1 Å². The predicted octanol–water partition coefficient (Wildman–Crippen LogP) is 5.05. The Bertz CT molecular complexity index is 2000. The molecule has 9 aliphatic rings. The average Bonchev–Trinajstić information content (AvgIpc) is 3.88. The zero-order valence-electron chi connectivity index (χ0n) is 48.0. The molecule has 20 nitrogen and oxygen atoms in total. The van der Waals surface area contributed by atoms with E-state index in [1.807, 2.05) is 34.6 Å². The van der Waals surface area contributed by atoms with Crippen molar-refractivity contribution in [1.82, 2.24) is 0 Å². The summed E-state index contributed by atoms with van der Waals surface area (Å²) in [7, 11) is 9.70. The molecule has 4 aliphatic carbocycles. The van der Waals surface area contributed by atoms with E-state index in [2.05, 4.69) is 13.0 Å². The van der Waals surface area contributed by atoms with Crippen LogP contribution in [-0.2, 0) is 80.6 Å². The first-order chi connectivity index (χ1) is 36.7. The quantitative estimate of drug-likeness (QED) is 0.153. The molecule has 0 spiro atoms. The molecule has 5 heterocycles. The number of carbonyl (C=O) groups is 1. The summed E-state index contributed by atoms with van der Waals surface area (Å²) in [5.74, 6) is -0.150. The number of allylic oxidation sites excluding steroid dienone is 1. The lowest BCUT2D eigenvalue weighted by atomic mass is 9.45. The average molecular weight is 1100 g/mol. The molecule has 0 aromatic rings. The standard InChI is InChI=1S/C57H94O20/c1-29-49(59)38(63-9)23-45(68-29)74-51-31(3)70-47(25-40(51)65-11)76-53-33(5)72-48(27-42(53)67-13)77-52-32(4)71-46(26-41(52)66-12)75-50-30(2)69-44(24-39(50)64-10)73-35-16-18-54(6)34(22-35)14-15-37-36(54)17-19-55(7)56(37,60)20-21-57(55,61)43(58)28-62-8/h14,29-33,35-42,44-53,59-61H,15-28H2,1-13H3/t29-,30-,31-,32-,33-,35+,36+,37-,38-,39+,40+,41+,42+,44+,45+,46+,47+,48+,49-,50-,51-,52-,53-,54+,55+,56+,57-/m1/s1. The van der Waals surface area contributed by atoms with E-state index in [4.69, 9.17) is 75.8 Å². The molecule has 8 fully saturated rings. The number of ketones is 1. The van der Waals surface area contributed by atoms with Crippen LogP contribution in [0.5, 0.6) is 0 Å². The van der Waals surface area contributed by atoms with Gasteiger partial charge in [-0.05, 0) is 103 Å². The fourth-order valence-electron chi connectivity index (χ4n) is 15.7. The van der Waals surface area contributed by atoms with Crippen LogP contribution in [0.25, 0.3) is 0 Å². The minimum atomic E-state index is -1.60. The van der Waals surface area contributed by atoms with Gasteiger partial charge >= 0.3 is 0 Å². The summed E-state index contributed by atoms with van der Waals surface area (Å²) in [6.07, 6.45) is 0.117. The molecule has 0 aromatic heterocycles. The fourth-order valence-corrected chi connectivity index (χ4v) is 15.7. The molecule has 77 heavy (non-hydrogen) atoms. The van der Waals surface area contributed by atoms with E-state index in [1.54, 1.807) is 42.5 Å². The number of hydrogen-bond acceptors (Lipinski definition) is 20. The Morgan fingerprint density at radius 3 is 1.39 bits per heavy atom. The van der Waals surface area contributed by atoms with Crippen LogP contribution in [0.15, 0.2) is 11.6 Å². The van der Waals surface area contributed by atoms with Gasteiger partial charge in [0, 0.05) is 80.2 Å². The van der Waals surface area contributed by atoms with Crippen molar-refractivity contribution < 1.29 is 95.9 Å². The summed E-state index contributed by atoms with van der Waals surface area (Å²) >= 11 is 0. The number of ether oxygens (including phenoxy) is 16. The molecule has 9 rings (SSSR count). The molecule has 0 amide bonds. The summed E-state index contributed by atoms with van der Waals surface area (Å²) in [5.41, 5.74) is -2.43. The Hall–Kier alpha value is -1.35. The van der Waals surface area contributed by atoms with E-state index in [1.165, 1.54) is 12.7 Å². The highest BCUT2D eigenvalue weighted by Gasteiger charge is 2.73. The first-order valence-electron chi connectivity index (χ1n) is 28.7. The summed E-state index contributed by atoms with van der Waals surface area (Å²) in [4.78, 5) is 13.3.